The van der Waals surface area contributed by atoms with Crippen LogP contribution in [0, 0.1) is 0 Å². The normalized spacial score (nSPS) is 15.8. The number of likely N-dealkylation sites (tertiary alicyclic amines) is 1. The summed E-state index contributed by atoms with van der Waals surface area (Å²) in [6.07, 6.45) is 6.99. The number of nitrogens with zero attached hydrogens (tertiary/aromatic N) is 3. The minimum absolute atomic E-state index is 0.168. The van der Waals surface area contributed by atoms with Crippen molar-refractivity contribution >= 4 is 5.91 Å². The number of hydrogen-bond acceptors (Lipinski definition) is 5. The summed E-state index contributed by atoms with van der Waals surface area (Å²) in [4.78, 5) is 23.4. The van der Waals surface area contributed by atoms with Crippen molar-refractivity contribution in [1.29, 1.82) is 0 Å². The van der Waals surface area contributed by atoms with Crippen LogP contribution >= 0.6 is 0 Å². The first kappa shape index (κ1) is 18.3. The Morgan fingerprint density at radius 3 is 2.65 bits per heavy atom. The van der Waals surface area contributed by atoms with Crippen molar-refractivity contribution in [1.82, 2.24) is 20.2 Å². The number of nitrogens with one attached hydrogen (secondary N) is 1. The first-order valence-electron chi connectivity index (χ1n) is 9.15. The lowest BCUT2D eigenvalue weighted by Gasteiger charge is -2.34. The highest BCUT2D eigenvalue weighted by Gasteiger charge is 2.24. The molecule has 1 saturated heterocycles. The number of hydrogen-bond donors (Lipinski definition) is 1. The second kappa shape index (κ2) is 8.76. The van der Waals surface area contributed by atoms with Gasteiger partial charge in [0, 0.05) is 43.8 Å². The molecule has 1 N–H and O–H groups in total. The number of piperidine rings is 1. The van der Waals surface area contributed by atoms with E-state index < -0.39 is 0 Å². The average molecular weight is 354 g/mol. The number of rotatable bonds is 6. The fraction of sp³-hybridized carbons (Fsp3) is 0.450. The van der Waals surface area contributed by atoms with Crippen molar-refractivity contribution in [3.05, 3.63) is 54.1 Å². The van der Waals surface area contributed by atoms with Crippen LogP contribution in [0.3, 0.4) is 0 Å². The van der Waals surface area contributed by atoms with Crippen molar-refractivity contribution in [2.24, 2.45) is 0 Å². The smallest absolute Gasteiger partial charge is 0.273 e. The highest BCUT2D eigenvalue weighted by Crippen LogP contribution is 2.19. The van der Waals surface area contributed by atoms with E-state index in [4.69, 9.17) is 4.74 Å². The summed E-state index contributed by atoms with van der Waals surface area (Å²) in [5, 5.41) is 3.12. The van der Waals surface area contributed by atoms with Crippen molar-refractivity contribution in [3.8, 4) is 5.75 Å². The molecule has 1 aliphatic rings. The Labute approximate surface area is 154 Å². The molecular formula is C20H26N4O2. The zero-order chi connectivity index (χ0) is 18.4. The summed E-state index contributed by atoms with van der Waals surface area (Å²) >= 11 is 0. The summed E-state index contributed by atoms with van der Waals surface area (Å²) in [6, 6.07) is 8.07. The van der Waals surface area contributed by atoms with Crippen LogP contribution in [0.25, 0.3) is 0 Å². The number of amides is 1. The number of carbonyl (C=O) groups excluding carboxylic acids is 1. The molecular weight excluding hydrogens is 328 g/mol. The molecule has 2 aromatic heterocycles. The molecule has 26 heavy (non-hydrogen) atoms. The maximum Gasteiger partial charge on any atom is 0.273 e. The molecule has 6 heteroatoms. The molecule has 1 amide bonds. The predicted molar refractivity (Wildman–Crippen MR) is 100 cm³/mol. The molecule has 138 valence electrons. The van der Waals surface area contributed by atoms with E-state index in [1.54, 1.807) is 30.7 Å². The molecule has 0 radical (unpaired) electrons. The van der Waals surface area contributed by atoms with Crippen LogP contribution in [0.15, 0.2) is 42.9 Å². The summed E-state index contributed by atoms with van der Waals surface area (Å²) in [6.45, 7) is 6.81. The third-order valence-corrected chi connectivity index (χ3v) is 4.72. The predicted octanol–water partition coefficient (Wildman–Crippen LogP) is 2.66. The molecule has 3 heterocycles. The first-order chi connectivity index (χ1) is 12.6. The highest BCUT2D eigenvalue weighted by molar-refractivity contribution is 5.95. The van der Waals surface area contributed by atoms with E-state index in [2.05, 4.69) is 34.0 Å². The standard InChI is InChI=1S/C20H26N4O2/c1-15(2)24-12-7-17(8-13-24)23-20(25)19-18(4-3-9-22-19)26-14-16-5-10-21-11-6-16/h3-6,9-11,15,17H,7-8,12-14H2,1-2H3,(H,23,25). The summed E-state index contributed by atoms with van der Waals surface area (Å²) in [5.74, 6) is 0.333. The molecule has 0 aliphatic carbocycles. The van der Waals surface area contributed by atoms with Crippen molar-refractivity contribution < 1.29 is 9.53 Å². The minimum Gasteiger partial charge on any atom is -0.486 e. The first-order valence-corrected chi connectivity index (χ1v) is 9.15. The largest absolute Gasteiger partial charge is 0.486 e. The van der Waals surface area contributed by atoms with Gasteiger partial charge in [0.05, 0.1) is 0 Å². The van der Waals surface area contributed by atoms with E-state index in [0.29, 0.717) is 24.1 Å². The van der Waals surface area contributed by atoms with Gasteiger partial charge in [-0.3, -0.25) is 9.78 Å². The molecule has 2 aromatic rings. The minimum atomic E-state index is -0.168. The lowest BCUT2D eigenvalue weighted by atomic mass is 10.0. The second-order valence-corrected chi connectivity index (χ2v) is 6.87. The Morgan fingerprint density at radius 2 is 1.96 bits per heavy atom. The van der Waals surface area contributed by atoms with Crippen LogP contribution in [0.2, 0.25) is 0 Å². The number of pyridine rings is 2. The number of ether oxygens (including phenoxy) is 1. The van der Waals surface area contributed by atoms with Crippen LogP contribution < -0.4 is 10.1 Å². The second-order valence-electron chi connectivity index (χ2n) is 6.87. The van der Waals surface area contributed by atoms with E-state index >= 15 is 0 Å². The average Bonchev–Trinajstić information content (AvgIpc) is 2.68. The fourth-order valence-electron chi connectivity index (χ4n) is 3.13. The van der Waals surface area contributed by atoms with Gasteiger partial charge in [-0.2, -0.15) is 0 Å². The fourth-order valence-corrected chi connectivity index (χ4v) is 3.13. The summed E-state index contributed by atoms with van der Waals surface area (Å²) in [7, 11) is 0. The maximum atomic E-state index is 12.7. The molecule has 6 nitrogen and oxygen atoms in total. The molecule has 3 rings (SSSR count). The van der Waals surface area contributed by atoms with Gasteiger partial charge in [-0.1, -0.05) is 0 Å². The van der Waals surface area contributed by atoms with Crippen LogP contribution in [0.5, 0.6) is 5.75 Å². The molecule has 0 saturated carbocycles. The Balaban J connectivity index is 1.59. The Kier molecular flexibility index (Phi) is 6.17. The van der Waals surface area contributed by atoms with Crippen LogP contribution in [-0.2, 0) is 6.61 Å². The van der Waals surface area contributed by atoms with Gasteiger partial charge in [-0.05, 0) is 56.5 Å². The van der Waals surface area contributed by atoms with Gasteiger partial charge in [0.25, 0.3) is 5.91 Å². The molecule has 1 aliphatic heterocycles. The van der Waals surface area contributed by atoms with Crippen molar-refractivity contribution in [2.45, 2.75) is 45.4 Å². The van der Waals surface area contributed by atoms with Gasteiger partial charge in [0.1, 0.15) is 6.61 Å². The van der Waals surface area contributed by atoms with Gasteiger partial charge in [0.2, 0.25) is 0 Å². The summed E-state index contributed by atoms with van der Waals surface area (Å²) < 4.78 is 5.82. The van der Waals surface area contributed by atoms with E-state index in [0.717, 1.165) is 31.5 Å². The highest BCUT2D eigenvalue weighted by atomic mass is 16.5. The van der Waals surface area contributed by atoms with Crippen molar-refractivity contribution in [3.63, 3.8) is 0 Å². The number of carbonyl (C=O) groups is 1. The van der Waals surface area contributed by atoms with E-state index in [-0.39, 0.29) is 11.9 Å². The molecule has 0 atom stereocenters. The van der Waals surface area contributed by atoms with E-state index in [1.807, 2.05) is 12.1 Å². The Morgan fingerprint density at radius 1 is 1.23 bits per heavy atom. The lowest BCUT2D eigenvalue weighted by molar-refractivity contribution is 0.0891. The zero-order valence-electron chi connectivity index (χ0n) is 15.4. The van der Waals surface area contributed by atoms with Gasteiger partial charge in [-0.15, -0.1) is 0 Å². The summed E-state index contributed by atoms with van der Waals surface area (Å²) in [5.41, 5.74) is 1.34. The Bertz CT molecular complexity index is 713. The van der Waals surface area contributed by atoms with Crippen LogP contribution in [0.1, 0.15) is 42.7 Å². The number of aromatic nitrogens is 2. The third-order valence-electron chi connectivity index (χ3n) is 4.72. The molecule has 0 aromatic carbocycles. The van der Waals surface area contributed by atoms with E-state index in [1.165, 1.54) is 0 Å². The molecule has 0 unspecified atom stereocenters. The van der Waals surface area contributed by atoms with Crippen molar-refractivity contribution in [2.75, 3.05) is 13.1 Å². The topological polar surface area (TPSA) is 67.4 Å². The quantitative estimate of drug-likeness (QED) is 0.864. The van der Waals surface area contributed by atoms with Crippen LogP contribution in [-0.4, -0.2) is 45.9 Å². The third kappa shape index (κ3) is 4.79. The van der Waals surface area contributed by atoms with Crippen LogP contribution in [0.4, 0.5) is 0 Å². The SMILES string of the molecule is CC(C)N1CCC(NC(=O)c2ncccc2OCc2ccncc2)CC1. The van der Waals surface area contributed by atoms with E-state index in [9.17, 15) is 4.79 Å². The monoisotopic (exact) mass is 354 g/mol. The molecule has 1 fully saturated rings. The van der Waals surface area contributed by atoms with Gasteiger partial charge >= 0.3 is 0 Å². The maximum absolute atomic E-state index is 12.7. The Hall–Kier alpha value is -2.47. The molecule has 0 spiro atoms. The van der Waals surface area contributed by atoms with Gasteiger partial charge in [0.15, 0.2) is 11.4 Å². The molecule has 0 bridgehead atoms. The zero-order valence-corrected chi connectivity index (χ0v) is 15.4. The lowest BCUT2D eigenvalue weighted by Crippen LogP contribution is -2.46. The van der Waals surface area contributed by atoms with Gasteiger partial charge in [-0.25, -0.2) is 4.98 Å². The van der Waals surface area contributed by atoms with Gasteiger partial charge < -0.3 is 15.0 Å².